The monoisotopic (exact) mass is 264 g/mol. The fourth-order valence-corrected chi connectivity index (χ4v) is 1.96. The highest BCUT2D eigenvalue weighted by Crippen LogP contribution is 2.27. The molecule has 0 aliphatic carbocycles. The molecular formula is C14H20N2O3. The number of rotatable bonds is 5. The minimum Gasteiger partial charge on any atom is -0.326 e. The molecule has 1 aromatic carbocycles. The number of anilines is 1. The van der Waals surface area contributed by atoms with Gasteiger partial charge in [0.1, 0.15) is 0 Å². The molecule has 5 nitrogen and oxygen atoms in total. The molecule has 1 N–H and O–H groups in total. The maximum Gasteiger partial charge on any atom is 0.270 e. The second-order valence-corrected chi connectivity index (χ2v) is 5.05. The van der Waals surface area contributed by atoms with Crippen molar-refractivity contribution in [2.45, 2.75) is 40.5 Å². The van der Waals surface area contributed by atoms with Crippen molar-refractivity contribution in [2.24, 2.45) is 5.92 Å². The number of aryl methyl sites for hydroxylation is 2. The standard InChI is InChI=1S/C14H20N2O3/c1-5-11-8-12(16(18)19)7-10(4)14(11)15-13(17)6-9(2)3/h7-9H,5-6H2,1-4H3,(H,15,17). The van der Waals surface area contributed by atoms with Crippen molar-refractivity contribution in [3.05, 3.63) is 33.4 Å². The minimum absolute atomic E-state index is 0.0540. The lowest BCUT2D eigenvalue weighted by atomic mass is 10.0. The van der Waals surface area contributed by atoms with Gasteiger partial charge in [-0.05, 0) is 30.4 Å². The molecule has 0 radical (unpaired) electrons. The van der Waals surface area contributed by atoms with Crippen LogP contribution in [0.1, 0.15) is 38.3 Å². The number of amides is 1. The summed E-state index contributed by atoms with van der Waals surface area (Å²) in [5.74, 6) is 0.227. The van der Waals surface area contributed by atoms with Gasteiger partial charge in [0.2, 0.25) is 5.91 Å². The van der Waals surface area contributed by atoms with Crippen molar-refractivity contribution >= 4 is 17.3 Å². The summed E-state index contributed by atoms with van der Waals surface area (Å²) in [4.78, 5) is 22.2. The molecule has 0 heterocycles. The van der Waals surface area contributed by atoms with Gasteiger partial charge in [-0.2, -0.15) is 0 Å². The predicted molar refractivity (Wildman–Crippen MR) is 75.3 cm³/mol. The molecule has 0 saturated carbocycles. The summed E-state index contributed by atoms with van der Waals surface area (Å²) >= 11 is 0. The lowest BCUT2D eigenvalue weighted by Crippen LogP contribution is -2.16. The van der Waals surface area contributed by atoms with Crippen LogP contribution >= 0.6 is 0 Å². The molecule has 0 bridgehead atoms. The number of nitro benzene ring substituents is 1. The minimum atomic E-state index is -0.411. The van der Waals surface area contributed by atoms with Gasteiger partial charge in [-0.3, -0.25) is 14.9 Å². The first-order chi connectivity index (χ1) is 8.85. The van der Waals surface area contributed by atoms with Crippen molar-refractivity contribution in [3.63, 3.8) is 0 Å². The number of hydrogen-bond donors (Lipinski definition) is 1. The molecule has 1 rings (SSSR count). The second kappa shape index (κ2) is 6.31. The summed E-state index contributed by atoms with van der Waals surface area (Å²) in [7, 11) is 0. The van der Waals surface area contributed by atoms with Gasteiger partial charge in [0.05, 0.1) is 4.92 Å². The number of carbonyl (C=O) groups is 1. The van der Waals surface area contributed by atoms with Crippen LogP contribution in [0.2, 0.25) is 0 Å². The third kappa shape index (κ3) is 4.05. The summed E-state index contributed by atoms with van der Waals surface area (Å²) in [6, 6.07) is 3.02. The van der Waals surface area contributed by atoms with E-state index < -0.39 is 4.92 Å². The van der Waals surface area contributed by atoms with Gasteiger partial charge in [0.15, 0.2) is 0 Å². The Balaban J connectivity index is 3.07. The van der Waals surface area contributed by atoms with E-state index in [-0.39, 0.29) is 17.5 Å². The average molecular weight is 264 g/mol. The molecule has 0 unspecified atom stereocenters. The quantitative estimate of drug-likeness (QED) is 0.654. The van der Waals surface area contributed by atoms with Crippen LogP contribution in [-0.2, 0) is 11.2 Å². The summed E-state index contributed by atoms with van der Waals surface area (Å²) in [6.07, 6.45) is 1.08. The van der Waals surface area contributed by atoms with Crippen LogP contribution < -0.4 is 5.32 Å². The van der Waals surface area contributed by atoms with Crippen LogP contribution in [0, 0.1) is 23.0 Å². The van der Waals surface area contributed by atoms with E-state index in [1.54, 1.807) is 6.92 Å². The maximum atomic E-state index is 11.8. The van der Waals surface area contributed by atoms with Gasteiger partial charge < -0.3 is 5.32 Å². The Morgan fingerprint density at radius 3 is 2.53 bits per heavy atom. The van der Waals surface area contributed by atoms with E-state index in [0.717, 1.165) is 11.1 Å². The number of carbonyl (C=O) groups excluding carboxylic acids is 1. The largest absolute Gasteiger partial charge is 0.326 e. The SMILES string of the molecule is CCc1cc([N+](=O)[O-])cc(C)c1NC(=O)CC(C)C. The number of hydrogen-bond acceptors (Lipinski definition) is 3. The topological polar surface area (TPSA) is 72.2 Å². The molecule has 0 spiro atoms. The highest BCUT2D eigenvalue weighted by atomic mass is 16.6. The first-order valence-corrected chi connectivity index (χ1v) is 6.42. The van der Waals surface area contributed by atoms with E-state index in [1.165, 1.54) is 12.1 Å². The van der Waals surface area contributed by atoms with Crippen LogP contribution in [0.4, 0.5) is 11.4 Å². The summed E-state index contributed by atoms with van der Waals surface area (Å²) in [6.45, 7) is 7.64. The Bertz CT molecular complexity index is 496. The van der Waals surface area contributed by atoms with Crippen LogP contribution in [0.3, 0.4) is 0 Å². The summed E-state index contributed by atoms with van der Waals surface area (Å²) < 4.78 is 0. The normalized spacial score (nSPS) is 10.6. The zero-order valence-electron chi connectivity index (χ0n) is 11.8. The van der Waals surface area contributed by atoms with Gasteiger partial charge in [-0.15, -0.1) is 0 Å². The van der Waals surface area contributed by atoms with Crippen molar-refractivity contribution in [2.75, 3.05) is 5.32 Å². The smallest absolute Gasteiger partial charge is 0.270 e. The Labute approximate surface area is 113 Å². The molecule has 19 heavy (non-hydrogen) atoms. The van der Waals surface area contributed by atoms with E-state index >= 15 is 0 Å². The van der Waals surface area contributed by atoms with E-state index in [4.69, 9.17) is 0 Å². The number of nitro groups is 1. The Kier molecular flexibility index (Phi) is 5.03. The van der Waals surface area contributed by atoms with Crippen LogP contribution in [0.15, 0.2) is 12.1 Å². The number of nitrogens with one attached hydrogen (secondary N) is 1. The van der Waals surface area contributed by atoms with Crippen molar-refractivity contribution in [1.29, 1.82) is 0 Å². The van der Waals surface area contributed by atoms with Crippen molar-refractivity contribution in [3.8, 4) is 0 Å². The highest BCUT2D eigenvalue weighted by molar-refractivity contribution is 5.92. The van der Waals surface area contributed by atoms with E-state index in [0.29, 0.717) is 18.5 Å². The first kappa shape index (κ1) is 15.1. The number of non-ortho nitro benzene ring substituents is 1. The van der Waals surface area contributed by atoms with E-state index in [1.807, 2.05) is 20.8 Å². The molecule has 0 aliphatic rings. The van der Waals surface area contributed by atoms with Gasteiger partial charge in [-0.25, -0.2) is 0 Å². The van der Waals surface area contributed by atoms with Crippen molar-refractivity contribution < 1.29 is 9.72 Å². The summed E-state index contributed by atoms with van der Waals surface area (Å²) in [5, 5.41) is 13.7. The molecule has 1 amide bonds. The van der Waals surface area contributed by atoms with Gasteiger partial charge >= 0.3 is 0 Å². The third-order valence-electron chi connectivity index (χ3n) is 2.85. The Hall–Kier alpha value is -1.91. The molecular weight excluding hydrogens is 244 g/mol. The molecule has 0 saturated heterocycles. The lowest BCUT2D eigenvalue weighted by Gasteiger charge is -2.14. The average Bonchev–Trinajstić information content (AvgIpc) is 2.30. The lowest BCUT2D eigenvalue weighted by molar-refractivity contribution is -0.384. The molecule has 0 atom stereocenters. The molecule has 0 fully saturated rings. The van der Waals surface area contributed by atoms with Crippen LogP contribution in [-0.4, -0.2) is 10.8 Å². The van der Waals surface area contributed by atoms with E-state index in [9.17, 15) is 14.9 Å². The Morgan fingerprint density at radius 2 is 2.05 bits per heavy atom. The zero-order chi connectivity index (χ0) is 14.6. The molecule has 5 heteroatoms. The van der Waals surface area contributed by atoms with Gasteiger partial charge in [0.25, 0.3) is 5.69 Å². The summed E-state index contributed by atoms with van der Waals surface area (Å²) in [5.41, 5.74) is 2.29. The molecule has 0 aromatic heterocycles. The number of nitrogens with zero attached hydrogens (tertiary/aromatic N) is 1. The highest BCUT2D eigenvalue weighted by Gasteiger charge is 2.15. The predicted octanol–water partition coefficient (Wildman–Crippen LogP) is 3.45. The fraction of sp³-hybridized carbons (Fsp3) is 0.500. The second-order valence-electron chi connectivity index (χ2n) is 5.05. The van der Waals surface area contributed by atoms with Crippen molar-refractivity contribution in [1.82, 2.24) is 0 Å². The zero-order valence-corrected chi connectivity index (χ0v) is 11.8. The van der Waals surface area contributed by atoms with Crippen LogP contribution in [0.5, 0.6) is 0 Å². The molecule has 104 valence electrons. The molecule has 1 aromatic rings. The van der Waals surface area contributed by atoms with E-state index in [2.05, 4.69) is 5.32 Å². The van der Waals surface area contributed by atoms with Gasteiger partial charge in [-0.1, -0.05) is 20.8 Å². The van der Waals surface area contributed by atoms with Gasteiger partial charge in [0, 0.05) is 24.2 Å². The Morgan fingerprint density at radius 1 is 1.42 bits per heavy atom. The molecule has 0 aliphatic heterocycles. The third-order valence-corrected chi connectivity index (χ3v) is 2.85. The van der Waals surface area contributed by atoms with Crippen LogP contribution in [0.25, 0.3) is 0 Å². The first-order valence-electron chi connectivity index (χ1n) is 6.42. The fourth-order valence-electron chi connectivity index (χ4n) is 1.96. The number of benzene rings is 1. The maximum absolute atomic E-state index is 11.8.